The van der Waals surface area contributed by atoms with E-state index in [1.165, 1.54) is 0 Å². The predicted octanol–water partition coefficient (Wildman–Crippen LogP) is 4.57. The van der Waals surface area contributed by atoms with E-state index in [4.69, 9.17) is 9.47 Å². The SMILES string of the molecule is C/C(Cc1ccc2c(c1)OCO2)=N\Nc1nc(-c2ccccc2)cs1. The minimum atomic E-state index is 0.293. The first kappa shape index (κ1) is 15.7. The highest BCUT2D eigenvalue weighted by atomic mass is 32.1. The van der Waals surface area contributed by atoms with Gasteiger partial charge in [-0.05, 0) is 24.6 Å². The van der Waals surface area contributed by atoms with Crippen LogP contribution in [0, 0.1) is 0 Å². The van der Waals surface area contributed by atoms with Gasteiger partial charge in [0, 0.05) is 23.1 Å². The zero-order valence-electron chi connectivity index (χ0n) is 13.7. The van der Waals surface area contributed by atoms with Crippen LogP contribution in [0.4, 0.5) is 5.13 Å². The van der Waals surface area contributed by atoms with Gasteiger partial charge in [0.1, 0.15) is 0 Å². The van der Waals surface area contributed by atoms with E-state index in [0.29, 0.717) is 6.79 Å². The molecular formula is C19H17N3O2S. The van der Waals surface area contributed by atoms with Gasteiger partial charge in [-0.2, -0.15) is 5.10 Å². The molecule has 2 heterocycles. The fraction of sp³-hybridized carbons (Fsp3) is 0.158. The lowest BCUT2D eigenvalue weighted by Gasteiger charge is -2.03. The Morgan fingerprint density at radius 1 is 1.16 bits per heavy atom. The average Bonchev–Trinajstić information content (AvgIpc) is 3.30. The van der Waals surface area contributed by atoms with E-state index in [1.54, 1.807) is 11.3 Å². The fourth-order valence-corrected chi connectivity index (χ4v) is 3.26. The van der Waals surface area contributed by atoms with Crippen molar-refractivity contribution in [3.05, 3.63) is 59.5 Å². The minimum Gasteiger partial charge on any atom is -0.454 e. The highest BCUT2D eigenvalue weighted by Crippen LogP contribution is 2.32. The summed E-state index contributed by atoms with van der Waals surface area (Å²) in [6.07, 6.45) is 0.737. The van der Waals surface area contributed by atoms with Crippen LogP contribution in [0.5, 0.6) is 11.5 Å². The van der Waals surface area contributed by atoms with Crippen LogP contribution >= 0.6 is 11.3 Å². The van der Waals surface area contributed by atoms with Gasteiger partial charge in [-0.15, -0.1) is 11.3 Å². The van der Waals surface area contributed by atoms with Crippen LogP contribution in [0.15, 0.2) is 59.0 Å². The molecule has 4 rings (SSSR count). The molecule has 1 aliphatic rings. The third-order valence-electron chi connectivity index (χ3n) is 3.81. The third-order valence-corrected chi connectivity index (χ3v) is 4.56. The molecule has 0 unspecified atom stereocenters. The number of ether oxygens (including phenoxy) is 2. The first-order valence-corrected chi connectivity index (χ1v) is 8.84. The second kappa shape index (κ2) is 6.94. The molecule has 0 saturated carbocycles. The summed E-state index contributed by atoms with van der Waals surface area (Å²) in [7, 11) is 0. The van der Waals surface area contributed by atoms with Gasteiger partial charge < -0.3 is 9.47 Å². The number of rotatable bonds is 5. The second-order valence-corrected chi connectivity index (χ2v) is 6.59. The molecule has 1 N–H and O–H groups in total. The Balaban J connectivity index is 1.41. The molecule has 0 atom stereocenters. The number of anilines is 1. The molecule has 0 aliphatic carbocycles. The Labute approximate surface area is 150 Å². The van der Waals surface area contributed by atoms with Crippen molar-refractivity contribution in [3.63, 3.8) is 0 Å². The van der Waals surface area contributed by atoms with Crippen LogP contribution in [0.2, 0.25) is 0 Å². The summed E-state index contributed by atoms with van der Waals surface area (Å²) in [5.74, 6) is 1.60. The maximum Gasteiger partial charge on any atom is 0.231 e. The summed E-state index contributed by atoms with van der Waals surface area (Å²) in [6.45, 7) is 2.28. The molecule has 2 aromatic carbocycles. The van der Waals surface area contributed by atoms with Crippen LogP contribution < -0.4 is 14.9 Å². The number of nitrogens with zero attached hydrogens (tertiary/aromatic N) is 2. The van der Waals surface area contributed by atoms with Crippen LogP contribution in [0.3, 0.4) is 0 Å². The molecule has 126 valence electrons. The maximum atomic E-state index is 5.41. The second-order valence-electron chi connectivity index (χ2n) is 5.73. The molecule has 0 radical (unpaired) electrons. The molecule has 25 heavy (non-hydrogen) atoms. The topological polar surface area (TPSA) is 55.7 Å². The van der Waals surface area contributed by atoms with E-state index in [0.717, 1.165) is 45.6 Å². The number of aromatic nitrogens is 1. The van der Waals surface area contributed by atoms with Crippen molar-refractivity contribution in [1.29, 1.82) is 0 Å². The number of hydrogen-bond donors (Lipinski definition) is 1. The highest BCUT2D eigenvalue weighted by Gasteiger charge is 2.13. The summed E-state index contributed by atoms with van der Waals surface area (Å²) in [5, 5.41) is 7.24. The summed E-state index contributed by atoms with van der Waals surface area (Å²) < 4.78 is 10.7. The number of thiazole rings is 1. The van der Waals surface area contributed by atoms with Gasteiger partial charge in [0.25, 0.3) is 0 Å². The molecule has 5 nitrogen and oxygen atoms in total. The molecule has 1 aromatic heterocycles. The van der Waals surface area contributed by atoms with Crippen molar-refractivity contribution in [3.8, 4) is 22.8 Å². The van der Waals surface area contributed by atoms with E-state index in [2.05, 4.69) is 15.5 Å². The lowest BCUT2D eigenvalue weighted by molar-refractivity contribution is 0.174. The van der Waals surface area contributed by atoms with Crippen LogP contribution in [-0.4, -0.2) is 17.5 Å². The zero-order valence-corrected chi connectivity index (χ0v) is 14.5. The van der Waals surface area contributed by atoms with Crippen molar-refractivity contribution in [2.45, 2.75) is 13.3 Å². The Bertz CT molecular complexity index is 906. The number of benzene rings is 2. The number of fused-ring (bicyclic) bond motifs is 1. The van der Waals surface area contributed by atoms with E-state index in [1.807, 2.05) is 60.8 Å². The number of hydrazone groups is 1. The molecule has 6 heteroatoms. The number of hydrogen-bond acceptors (Lipinski definition) is 6. The van der Waals surface area contributed by atoms with Gasteiger partial charge in [0.2, 0.25) is 11.9 Å². The first-order chi connectivity index (χ1) is 12.3. The Morgan fingerprint density at radius 2 is 2.00 bits per heavy atom. The average molecular weight is 351 g/mol. The van der Waals surface area contributed by atoms with Gasteiger partial charge >= 0.3 is 0 Å². The smallest absolute Gasteiger partial charge is 0.231 e. The van der Waals surface area contributed by atoms with Gasteiger partial charge in [-0.1, -0.05) is 36.4 Å². The molecule has 3 aromatic rings. The summed E-state index contributed by atoms with van der Waals surface area (Å²) in [4.78, 5) is 4.57. The van der Waals surface area contributed by atoms with Crippen molar-refractivity contribution in [1.82, 2.24) is 4.98 Å². The Kier molecular flexibility index (Phi) is 4.35. The van der Waals surface area contributed by atoms with Crippen molar-refractivity contribution >= 4 is 22.2 Å². The molecule has 0 saturated heterocycles. The predicted molar refractivity (Wildman–Crippen MR) is 101 cm³/mol. The largest absolute Gasteiger partial charge is 0.454 e. The van der Waals surface area contributed by atoms with E-state index < -0.39 is 0 Å². The maximum absolute atomic E-state index is 5.41. The first-order valence-electron chi connectivity index (χ1n) is 7.96. The normalized spacial score (nSPS) is 13.1. The summed E-state index contributed by atoms with van der Waals surface area (Å²) in [6, 6.07) is 16.1. The third kappa shape index (κ3) is 3.64. The van der Waals surface area contributed by atoms with E-state index >= 15 is 0 Å². The zero-order chi connectivity index (χ0) is 17.1. The molecule has 0 fully saturated rings. The van der Waals surface area contributed by atoms with E-state index in [9.17, 15) is 0 Å². The van der Waals surface area contributed by atoms with Crippen LogP contribution in [0.25, 0.3) is 11.3 Å². The standard InChI is InChI=1S/C19H17N3O2S/c1-13(9-14-7-8-17-18(10-14)24-12-23-17)21-22-19-20-16(11-25-19)15-5-3-2-4-6-15/h2-8,10-11H,9,12H2,1H3,(H,20,22)/b21-13+. The summed E-state index contributed by atoms with van der Waals surface area (Å²) >= 11 is 1.54. The Hall–Kier alpha value is -2.86. The molecule has 0 spiro atoms. The minimum absolute atomic E-state index is 0.293. The van der Waals surface area contributed by atoms with E-state index in [-0.39, 0.29) is 0 Å². The van der Waals surface area contributed by atoms with Crippen LogP contribution in [0.1, 0.15) is 12.5 Å². The Morgan fingerprint density at radius 3 is 2.88 bits per heavy atom. The number of nitrogens with one attached hydrogen (secondary N) is 1. The van der Waals surface area contributed by atoms with Gasteiger partial charge in [-0.3, -0.25) is 5.43 Å². The molecule has 0 amide bonds. The molecule has 0 bridgehead atoms. The van der Waals surface area contributed by atoms with Gasteiger partial charge in [0.15, 0.2) is 11.5 Å². The quantitative estimate of drug-likeness (QED) is 0.540. The highest BCUT2D eigenvalue weighted by molar-refractivity contribution is 7.14. The van der Waals surface area contributed by atoms with Crippen molar-refractivity contribution < 1.29 is 9.47 Å². The van der Waals surface area contributed by atoms with Crippen molar-refractivity contribution in [2.75, 3.05) is 12.2 Å². The fourth-order valence-electron chi connectivity index (χ4n) is 2.60. The lowest BCUT2D eigenvalue weighted by atomic mass is 10.1. The lowest BCUT2D eigenvalue weighted by Crippen LogP contribution is -2.01. The van der Waals surface area contributed by atoms with Crippen LogP contribution in [-0.2, 0) is 6.42 Å². The summed E-state index contributed by atoms with van der Waals surface area (Å²) in [5.41, 5.74) is 7.21. The molecule has 1 aliphatic heterocycles. The van der Waals surface area contributed by atoms with Crippen molar-refractivity contribution in [2.24, 2.45) is 5.10 Å². The van der Waals surface area contributed by atoms with Gasteiger partial charge in [-0.25, -0.2) is 4.98 Å². The molecular weight excluding hydrogens is 334 g/mol. The van der Waals surface area contributed by atoms with Gasteiger partial charge in [0.05, 0.1) is 5.69 Å². The monoisotopic (exact) mass is 351 g/mol.